The summed E-state index contributed by atoms with van der Waals surface area (Å²) in [6, 6.07) is -0.992. The molecule has 0 saturated carbocycles. The number of aliphatic hydroxyl groups is 11. The zero-order chi connectivity index (χ0) is 57.6. The Bertz CT molecular complexity index is 1590. The van der Waals surface area contributed by atoms with E-state index in [1.807, 2.05) is 6.08 Å². The molecule has 0 aromatic carbocycles. The fourth-order valence-corrected chi connectivity index (χ4v) is 10.3. The van der Waals surface area contributed by atoms with Crippen molar-refractivity contribution < 1.29 is 89.4 Å². The van der Waals surface area contributed by atoms with E-state index in [1.165, 1.54) is 116 Å². The number of allylic oxidation sites excluding steroid dienone is 5. The highest BCUT2D eigenvalue weighted by atomic mass is 16.8. The summed E-state index contributed by atoms with van der Waals surface area (Å²) in [6.07, 6.45) is 19.9. The van der Waals surface area contributed by atoms with Gasteiger partial charge in [-0.25, -0.2) is 0 Å². The van der Waals surface area contributed by atoms with Crippen molar-refractivity contribution in [3.05, 3.63) is 36.5 Å². The summed E-state index contributed by atoms with van der Waals surface area (Å²) >= 11 is 0. The number of nitrogens with one attached hydrogen (secondary N) is 1. The molecule has 0 bridgehead atoms. The van der Waals surface area contributed by atoms with E-state index >= 15 is 0 Å². The lowest BCUT2D eigenvalue weighted by Gasteiger charge is -2.48. The van der Waals surface area contributed by atoms with Gasteiger partial charge in [-0.3, -0.25) is 4.79 Å². The number of rotatable bonds is 45. The Balaban J connectivity index is 1.51. The maximum atomic E-state index is 13.3. The van der Waals surface area contributed by atoms with E-state index < -0.39 is 124 Å². The molecule has 0 spiro atoms. The summed E-state index contributed by atoms with van der Waals surface area (Å²) < 4.78 is 34.2. The predicted molar refractivity (Wildman–Crippen MR) is 300 cm³/mol. The van der Waals surface area contributed by atoms with Crippen molar-refractivity contribution in [2.75, 3.05) is 26.4 Å². The number of amides is 1. The van der Waals surface area contributed by atoms with Crippen LogP contribution in [-0.2, 0) is 33.2 Å². The van der Waals surface area contributed by atoms with Crippen LogP contribution in [0.15, 0.2) is 36.5 Å². The molecule has 462 valence electrons. The first-order valence-corrected chi connectivity index (χ1v) is 30.7. The van der Waals surface area contributed by atoms with E-state index in [1.54, 1.807) is 6.08 Å². The van der Waals surface area contributed by atoms with Crippen molar-refractivity contribution in [2.45, 2.75) is 311 Å². The molecule has 0 radical (unpaired) electrons. The first kappa shape index (κ1) is 71.3. The maximum Gasteiger partial charge on any atom is 0.220 e. The number of hydrogen-bond donors (Lipinski definition) is 12. The molecule has 0 aliphatic carbocycles. The van der Waals surface area contributed by atoms with Crippen LogP contribution in [0, 0.1) is 0 Å². The smallest absolute Gasteiger partial charge is 0.220 e. The summed E-state index contributed by atoms with van der Waals surface area (Å²) in [5, 5.41) is 120. The predicted octanol–water partition coefficient (Wildman–Crippen LogP) is 5.71. The van der Waals surface area contributed by atoms with Crippen molar-refractivity contribution >= 4 is 5.91 Å². The molecule has 3 saturated heterocycles. The van der Waals surface area contributed by atoms with Crippen molar-refractivity contribution in [1.82, 2.24) is 5.32 Å². The minimum absolute atomic E-state index is 0.226. The van der Waals surface area contributed by atoms with Crippen LogP contribution in [0.3, 0.4) is 0 Å². The van der Waals surface area contributed by atoms with Crippen LogP contribution in [0.25, 0.3) is 0 Å². The zero-order valence-electron chi connectivity index (χ0n) is 48.1. The standard InChI is InChI=1S/C60H109NO18/c1-3-5-7-9-11-13-15-17-19-20-21-22-23-24-25-27-29-31-33-35-37-44(65)43(61-48(66)38-36-34-32-30-28-26-18-16-14-12-10-8-6-4-2)42-74-58-54(72)51(69)56(46(40-63)76-58)79-60-55(73)52(70)57(47(41-64)77-60)78-59-53(71)50(68)49(67)45(39-62)75-59/h16,18,27,29,35,37,43-47,49-60,62-65,67-73H,3-15,17,19-26,28,30-34,36,38-42H2,1-2H3,(H,61,66)/b18-16-,29-27+,37-35+. The minimum atomic E-state index is -1.98. The van der Waals surface area contributed by atoms with Crippen LogP contribution < -0.4 is 5.32 Å². The molecule has 3 heterocycles. The molecule has 79 heavy (non-hydrogen) atoms. The Labute approximate surface area is 472 Å². The third-order valence-corrected chi connectivity index (χ3v) is 15.4. The number of aliphatic hydroxyl groups excluding tert-OH is 11. The van der Waals surface area contributed by atoms with E-state index in [2.05, 4.69) is 43.5 Å². The van der Waals surface area contributed by atoms with Gasteiger partial charge in [0.25, 0.3) is 0 Å². The summed E-state index contributed by atoms with van der Waals surface area (Å²) in [5.41, 5.74) is 0. The van der Waals surface area contributed by atoms with Crippen LogP contribution in [0.4, 0.5) is 0 Å². The first-order valence-electron chi connectivity index (χ1n) is 30.7. The van der Waals surface area contributed by atoms with Gasteiger partial charge in [0.2, 0.25) is 5.91 Å². The Kier molecular flexibility index (Phi) is 39.4. The second-order valence-electron chi connectivity index (χ2n) is 22.2. The van der Waals surface area contributed by atoms with E-state index in [4.69, 9.17) is 28.4 Å². The molecule has 3 aliphatic heterocycles. The quantitative estimate of drug-likeness (QED) is 0.0257. The van der Waals surface area contributed by atoms with E-state index in [9.17, 15) is 61.0 Å². The number of ether oxygens (including phenoxy) is 6. The van der Waals surface area contributed by atoms with Crippen LogP contribution in [-0.4, -0.2) is 193 Å². The molecule has 1 amide bonds. The van der Waals surface area contributed by atoms with Gasteiger partial charge in [0.15, 0.2) is 18.9 Å². The van der Waals surface area contributed by atoms with E-state index in [-0.39, 0.29) is 18.9 Å². The Morgan fingerprint density at radius 1 is 0.443 bits per heavy atom. The molecule has 19 nitrogen and oxygen atoms in total. The molecular weight excluding hydrogens is 1020 g/mol. The van der Waals surface area contributed by atoms with Gasteiger partial charge in [0, 0.05) is 6.42 Å². The highest BCUT2D eigenvalue weighted by Crippen LogP contribution is 2.33. The highest BCUT2D eigenvalue weighted by Gasteiger charge is 2.53. The normalized spacial score (nSPS) is 30.5. The molecular formula is C60H109NO18. The van der Waals surface area contributed by atoms with Gasteiger partial charge in [0.1, 0.15) is 73.2 Å². The van der Waals surface area contributed by atoms with Crippen LogP contribution >= 0.6 is 0 Å². The number of carbonyl (C=O) groups excluding carboxylic acids is 1. The monoisotopic (exact) mass is 1130 g/mol. The van der Waals surface area contributed by atoms with Gasteiger partial charge in [-0.05, 0) is 57.8 Å². The summed E-state index contributed by atoms with van der Waals surface area (Å²) in [4.78, 5) is 13.3. The number of unbranched alkanes of at least 4 members (excludes halogenated alkanes) is 25. The highest BCUT2D eigenvalue weighted by molar-refractivity contribution is 5.76. The van der Waals surface area contributed by atoms with E-state index in [0.29, 0.717) is 12.8 Å². The average molecular weight is 1130 g/mol. The van der Waals surface area contributed by atoms with Gasteiger partial charge >= 0.3 is 0 Å². The number of hydrogen-bond acceptors (Lipinski definition) is 18. The zero-order valence-corrected chi connectivity index (χ0v) is 48.1. The Morgan fingerprint density at radius 2 is 0.810 bits per heavy atom. The Morgan fingerprint density at radius 3 is 1.27 bits per heavy atom. The molecule has 0 aromatic rings. The van der Waals surface area contributed by atoms with Gasteiger partial charge in [-0.2, -0.15) is 0 Å². The summed E-state index contributed by atoms with van der Waals surface area (Å²) in [7, 11) is 0. The fourth-order valence-electron chi connectivity index (χ4n) is 10.3. The van der Waals surface area contributed by atoms with Crippen molar-refractivity contribution in [3.8, 4) is 0 Å². The lowest BCUT2D eigenvalue weighted by Crippen LogP contribution is -2.66. The SMILES string of the molecule is CCCCCCC/C=C\CCCCCCCC(=O)NC(COC1OC(CO)C(OC2OC(CO)C(OC3OC(CO)C(O)C(O)C3O)C(O)C2O)C(O)C1O)C(O)/C=C/CC/C=C/CCCCCCCCCCCCCCCC. The summed E-state index contributed by atoms with van der Waals surface area (Å²) in [6.45, 7) is 1.68. The van der Waals surface area contributed by atoms with Crippen LogP contribution in [0.2, 0.25) is 0 Å². The van der Waals surface area contributed by atoms with Gasteiger partial charge in [-0.1, -0.05) is 179 Å². The van der Waals surface area contributed by atoms with Crippen molar-refractivity contribution in [1.29, 1.82) is 0 Å². The third-order valence-electron chi connectivity index (χ3n) is 15.4. The molecule has 17 atom stereocenters. The maximum absolute atomic E-state index is 13.3. The number of carbonyl (C=O) groups is 1. The van der Waals surface area contributed by atoms with Gasteiger partial charge < -0.3 is 89.9 Å². The second kappa shape index (κ2) is 43.6. The lowest BCUT2D eigenvalue weighted by molar-refractivity contribution is -0.379. The molecule has 12 N–H and O–H groups in total. The van der Waals surface area contributed by atoms with Crippen LogP contribution in [0.1, 0.15) is 206 Å². The van der Waals surface area contributed by atoms with Crippen molar-refractivity contribution in [2.24, 2.45) is 0 Å². The topological polar surface area (TPSA) is 307 Å². The minimum Gasteiger partial charge on any atom is -0.394 e. The first-order chi connectivity index (χ1) is 38.3. The van der Waals surface area contributed by atoms with Crippen molar-refractivity contribution in [3.63, 3.8) is 0 Å². The lowest BCUT2D eigenvalue weighted by atomic mass is 9.96. The molecule has 3 fully saturated rings. The largest absolute Gasteiger partial charge is 0.394 e. The molecule has 17 unspecified atom stereocenters. The second-order valence-corrected chi connectivity index (χ2v) is 22.2. The Hall–Kier alpha value is -1.99. The molecule has 3 aliphatic rings. The van der Waals surface area contributed by atoms with Crippen LogP contribution in [0.5, 0.6) is 0 Å². The summed E-state index contributed by atoms with van der Waals surface area (Å²) in [5.74, 6) is -0.295. The fraction of sp³-hybridized carbons (Fsp3) is 0.883. The average Bonchev–Trinajstić information content (AvgIpc) is 3.55. The third kappa shape index (κ3) is 27.5. The molecule has 3 rings (SSSR count). The molecule has 0 aromatic heterocycles. The van der Waals surface area contributed by atoms with Gasteiger partial charge in [0.05, 0.1) is 38.6 Å². The van der Waals surface area contributed by atoms with E-state index in [0.717, 1.165) is 57.8 Å². The molecule has 19 heteroatoms. The van der Waals surface area contributed by atoms with Gasteiger partial charge in [-0.15, -0.1) is 0 Å².